The average Bonchev–Trinajstić information content (AvgIpc) is 0.790. The third kappa shape index (κ3) is 31.9. The van der Waals surface area contributed by atoms with Crippen LogP contribution in [0.3, 0.4) is 0 Å². The van der Waals surface area contributed by atoms with Crippen molar-refractivity contribution in [1.29, 1.82) is 0 Å². The summed E-state index contributed by atoms with van der Waals surface area (Å²) in [5.41, 5.74) is -5.65. The van der Waals surface area contributed by atoms with E-state index in [1.54, 1.807) is 0 Å². The summed E-state index contributed by atoms with van der Waals surface area (Å²) in [6.45, 7) is 0. The molecule has 0 aliphatic carbocycles. The van der Waals surface area contributed by atoms with Gasteiger partial charge in [0, 0.05) is 0 Å². The monoisotopic (exact) mass is 1630 g/mol. The molecule has 0 aromatic heterocycles. The van der Waals surface area contributed by atoms with Crippen LogP contribution in [0.15, 0.2) is 423 Å². The summed E-state index contributed by atoms with van der Waals surface area (Å²) < 4.78 is 178. The van der Waals surface area contributed by atoms with Gasteiger partial charge < -0.3 is 4.55 Å². The first-order valence-electron chi connectivity index (χ1n) is 28.7. The van der Waals surface area contributed by atoms with Crippen LogP contribution in [0.1, 0.15) is 0 Å². The van der Waals surface area contributed by atoms with Gasteiger partial charge in [-0.05, 0) is 146 Å². The minimum atomic E-state index is -11.2. The molecule has 0 radical (unpaired) electrons. The van der Waals surface area contributed by atoms with Crippen LogP contribution in [0.25, 0.3) is 0 Å². The second-order valence-electron chi connectivity index (χ2n) is 19.8. The van der Waals surface area contributed by atoms with Gasteiger partial charge in [0.25, 0.3) is 0 Å². The number of alkyl halides is 3. The molecule has 98 heavy (non-hydrogen) atoms. The topological polar surface area (TPSA) is 57.2 Å². The van der Waals surface area contributed by atoms with E-state index < -0.39 is 49.3 Å². The van der Waals surface area contributed by atoms with Crippen LogP contribution in [0.4, 0.5) is 50.8 Å². The molecule has 0 aliphatic heterocycles. The summed E-state index contributed by atoms with van der Waals surface area (Å²) in [5.74, 6) is 0. The van der Waals surface area contributed by atoms with E-state index in [1.807, 2.05) is 0 Å². The van der Waals surface area contributed by atoms with Crippen molar-refractivity contribution in [3.8, 4) is 0 Å². The zero-order valence-electron chi connectivity index (χ0n) is 51.0. The predicted molar refractivity (Wildman–Crippen MR) is 367 cm³/mol. The zero-order valence-corrected chi connectivity index (χ0v) is 59.5. The Balaban J connectivity index is 0.000000187. The van der Waals surface area contributed by atoms with Gasteiger partial charge in [-0.1, -0.05) is 218 Å². The van der Waals surface area contributed by atoms with Crippen molar-refractivity contribution in [2.45, 2.75) is 64.3 Å². The molecule has 0 amide bonds. The number of rotatable bonds is 12. The minimum absolute atomic E-state index is 0.0146. The average molecular weight is 1630 g/mol. The summed E-state index contributed by atoms with van der Waals surface area (Å²) >= 11 is -22.3. The van der Waals surface area contributed by atoms with E-state index in [2.05, 4.69) is 364 Å². The van der Waals surface area contributed by atoms with E-state index in [1.165, 1.54) is 58.7 Å². The first-order chi connectivity index (χ1) is 45.9. The first-order valence-corrected chi connectivity index (χ1v) is 45.0. The summed E-state index contributed by atoms with van der Waals surface area (Å²) in [5, 5.41) is 0. The van der Waals surface area contributed by atoms with Gasteiger partial charge in [0.2, 0.25) is 0 Å². The van der Waals surface area contributed by atoms with Crippen LogP contribution in [-0.2, 0) is 53.7 Å². The maximum Gasteiger partial charge on any atom is 0.166 e. The van der Waals surface area contributed by atoms with Gasteiger partial charge in [0.15, 0.2) is 68.9 Å². The fourth-order valence-electron chi connectivity index (χ4n) is 8.31. The van der Waals surface area contributed by atoms with Crippen LogP contribution in [0, 0.1) is 0 Å². The molecule has 0 saturated heterocycles. The fraction of sp³-hybridized carbons (Fsp3) is 0.0137. The normalized spacial score (nSPS) is 12.7. The Morgan fingerprint density at radius 3 is 0.347 bits per heavy atom. The summed E-state index contributed by atoms with van der Waals surface area (Å²) in [6, 6.07) is 129. The maximum atomic E-state index is 10.7. The molecule has 0 atom stereocenters. The Kier molecular flexibility index (Phi) is 27.8. The van der Waals surface area contributed by atoms with Crippen LogP contribution >= 0.6 is 0 Å². The number of benzene rings is 12. The molecule has 0 unspecified atom stereocenters. The Bertz CT molecular complexity index is 3450. The zero-order chi connectivity index (χ0) is 71.5. The van der Waals surface area contributed by atoms with Gasteiger partial charge in [0.1, 0.15) is 0 Å². The van der Waals surface area contributed by atoms with Gasteiger partial charge in [-0.15, -0.1) is 0 Å². The molecule has 0 heterocycles. The largest absolute Gasteiger partial charge is 0.166 e. The van der Waals surface area contributed by atoms with E-state index in [0.29, 0.717) is 0 Å². The van der Waals surface area contributed by atoms with Gasteiger partial charge in [-0.2, -0.15) is 13.2 Å². The van der Waals surface area contributed by atoms with Crippen LogP contribution < -0.4 is 0 Å². The van der Waals surface area contributed by atoms with Crippen molar-refractivity contribution in [3.63, 3.8) is 0 Å². The standard InChI is InChI=1S/4C18H15S.CHF3O3S.AsF6.6FH.Sb/c4*1-4-10-16(11-5-1)19(17-12-6-2-7-13-17)18-14-8-3-9-15-18;2-1(3,4)8(5,6)7;2-1(3,4,5,6)7;;;;;;;/h4*1-15H;(H,5,6,7);;6*1H;/q4*+1;;-1;;;;;;;+5/p-7. The van der Waals surface area contributed by atoms with Crippen molar-refractivity contribution < 1.29 is 63.8 Å². The molecule has 0 saturated carbocycles. The molecular weight excluding hydrogens is 1570 g/mol. The van der Waals surface area contributed by atoms with Crippen LogP contribution in [-0.4, -0.2) is 52.1 Å². The molecule has 12 aromatic carbocycles. The van der Waals surface area contributed by atoms with Crippen LogP contribution in [0.5, 0.6) is 0 Å². The number of halogens is 15. The first kappa shape index (κ1) is 79.3. The van der Waals surface area contributed by atoms with Crippen molar-refractivity contribution in [1.82, 2.24) is 0 Å². The van der Waals surface area contributed by atoms with Gasteiger partial charge in [-0.25, -0.2) is 8.42 Å². The molecule has 3 nitrogen and oxygen atoms in total. The van der Waals surface area contributed by atoms with E-state index in [9.17, 15) is 50.8 Å². The van der Waals surface area contributed by atoms with Crippen molar-refractivity contribution in [3.05, 3.63) is 364 Å². The van der Waals surface area contributed by atoms with E-state index >= 15 is 0 Å². The molecule has 0 bridgehead atoms. The Labute approximate surface area is 574 Å². The SMILES string of the molecule is F[As-](F)(F)(F)(F)F.O=S(=O)([O-])C(F)(F)F.[F][Sb-]([F])([F])([F])([F])[F].c1ccc([S+](c2ccccc2)c2ccccc2)cc1.c1ccc([S+](c2ccccc2)c2ccccc2)cc1.c1ccc([S+](c2ccccc2)c2ccccc2)cc1.c1ccc([S+](c2ccccc2)c2ccccc2)cc1. The Morgan fingerprint density at radius 2 is 0.296 bits per heavy atom. The minimum Gasteiger partial charge on any atom is -0.0619 e. The molecular formula is C73H60AsF15O3S5Sb+. The van der Waals surface area contributed by atoms with Crippen LogP contribution in [0.2, 0.25) is 0 Å². The third-order valence-corrected chi connectivity index (χ3v) is 21.5. The van der Waals surface area contributed by atoms with Gasteiger partial charge >= 0.3 is 76.8 Å². The quantitative estimate of drug-likeness (QED) is 0.0403. The van der Waals surface area contributed by atoms with Gasteiger partial charge in [-0.3, -0.25) is 0 Å². The van der Waals surface area contributed by atoms with E-state index in [4.69, 9.17) is 13.0 Å². The maximum absolute atomic E-state index is 11.2. The number of hydrogen-bond acceptors (Lipinski definition) is 3. The summed E-state index contributed by atoms with van der Waals surface area (Å²) in [4.78, 5) is 16.3. The summed E-state index contributed by atoms with van der Waals surface area (Å²) in [6.07, 6.45) is 0. The second kappa shape index (κ2) is 34.4. The molecule has 12 rings (SSSR count). The smallest absolute Gasteiger partial charge is 0.0619 e. The molecule has 12 aromatic rings. The third-order valence-electron chi connectivity index (χ3n) is 12.0. The summed E-state index contributed by atoms with van der Waals surface area (Å²) in [7, 11) is -6.15. The van der Waals surface area contributed by atoms with Crippen molar-refractivity contribution in [2.24, 2.45) is 0 Å². The fourth-order valence-corrected chi connectivity index (χ4v) is 16.7. The predicted octanol–water partition coefficient (Wildman–Crippen LogP) is 23.5. The molecule has 0 N–H and O–H groups in total. The van der Waals surface area contributed by atoms with E-state index in [0.717, 1.165) is 0 Å². The molecule has 25 heteroatoms. The van der Waals surface area contributed by atoms with E-state index in [-0.39, 0.29) is 43.6 Å². The second-order valence-corrected chi connectivity index (χ2v) is 38.8. The van der Waals surface area contributed by atoms with Crippen molar-refractivity contribution >= 4 is 87.3 Å². The Hall–Kier alpha value is -7.72. The molecule has 0 spiro atoms. The molecule has 0 aliphatic rings. The molecule has 514 valence electrons. The van der Waals surface area contributed by atoms with Gasteiger partial charge in [0.05, 0.1) is 43.6 Å². The number of hydrogen-bond donors (Lipinski definition) is 0. The van der Waals surface area contributed by atoms with Crippen molar-refractivity contribution in [2.75, 3.05) is 0 Å². The Morgan fingerprint density at radius 1 is 0.235 bits per heavy atom. The molecule has 0 fully saturated rings.